The maximum absolute atomic E-state index is 12.7. The molecular formula is C15H14N6O3S. The highest BCUT2D eigenvalue weighted by atomic mass is 32.1. The number of nitrogens with zero attached hydrogens (tertiary/aromatic N) is 5. The predicted octanol–water partition coefficient (Wildman–Crippen LogP) is 1.77. The summed E-state index contributed by atoms with van der Waals surface area (Å²) in [5.41, 5.74) is 1.11. The second-order valence-corrected chi connectivity index (χ2v) is 6.23. The highest BCUT2D eigenvalue weighted by Gasteiger charge is 2.19. The quantitative estimate of drug-likeness (QED) is 0.707. The summed E-state index contributed by atoms with van der Waals surface area (Å²) in [6.07, 6.45) is 0. The predicted molar refractivity (Wildman–Crippen MR) is 90.0 cm³/mol. The number of benzene rings is 1. The first-order valence-corrected chi connectivity index (χ1v) is 8.04. The summed E-state index contributed by atoms with van der Waals surface area (Å²) in [4.78, 5) is 29.1. The molecule has 0 saturated heterocycles. The fraction of sp³-hybridized carbons (Fsp3) is 0.200. The van der Waals surface area contributed by atoms with Crippen molar-refractivity contribution in [2.75, 3.05) is 12.4 Å². The summed E-state index contributed by atoms with van der Waals surface area (Å²) in [6.45, 7) is 3.47. The van der Waals surface area contributed by atoms with Gasteiger partial charge in [-0.3, -0.25) is 10.1 Å². The number of hydrogen-bond acceptors (Lipinski definition) is 8. The molecule has 0 aliphatic rings. The number of carbonyl (C=O) groups is 2. The van der Waals surface area contributed by atoms with Crippen LogP contribution in [0.3, 0.4) is 0 Å². The van der Waals surface area contributed by atoms with E-state index in [-0.39, 0.29) is 11.6 Å². The van der Waals surface area contributed by atoms with Gasteiger partial charge in [0, 0.05) is 4.88 Å². The second kappa shape index (κ2) is 6.77. The number of amides is 1. The zero-order chi connectivity index (χ0) is 18.0. The number of carbonyl (C=O) groups excluding carboxylic acids is 2. The number of methoxy groups -OCH3 is 1. The molecule has 0 bridgehead atoms. The van der Waals surface area contributed by atoms with Crippen molar-refractivity contribution in [1.82, 2.24) is 25.2 Å². The third-order valence-electron chi connectivity index (χ3n) is 3.40. The maximum Gasteiger partial charge on any atom is 0.357 e. The Bertz CT molecular complexity index is 948. The first-order chi connectivity index (χ1) is 12.0. The minimum Gasteiger partial charge on any atom is -0.464 e. The molecule has 9 nitrogen and oxygen atoms in total. The normalized spacial score (nSPS) is 10.5. The lowest BCUT2D eigenvalue weighted by atomic mass is 10.1. The Labute approximate surface area is 146 Å². The van der Waals surface area contributed by atoms with Crippen LogP contribution in [-0.2, 0) is 4.74 Å². The molecule has 0 aliphatic carbocycles. The van der Waals surface area contributed by atoms with Crippen molar-refractivity contribution in [3.63, 3.8) is 0 Å². The van der Waals surface area contributed by atoms with Gasteiger partial charge in [-0.1, -0.05) is 12.1 Å². The van der Waals surface area contributed by atoms with E-state index < -0.39 is 5.97 Å². The van der Waals surface area contributed by atoms with E-state index in [1.165, 1.54) is 23.1 Å². The SMILES string of the molecule is COC(=O)c1nc(NC(=O)c2ccccc2-n2nnnc2C)sc1C. The smallest absolute Gasteiger partial charge is 0.357 e. The van der Waals surface area contributed by atoms with Crippen LogP contribution >= 0.6 is 11.3 Å². The van der Waals surface area contributed by atoms with Gasteiger partial charge in [0.05, 0.1) is 18.4 Å². The van der Waals surface area contributed by atoms with Gasteiger partial charge in [-0.05, 0) is 36.4 Å². The van der Waals surface area contributed by atoms with Crippen molar-refractivity contribution in [2.45, 2.75) is 13.8 Å². The van der Waals surface area contributed by atoms with Gasteiger partial charge < -0.3 is 4.74 Å². The van der Waals surface area contributed by atoms with Crippen LogP contribution in [0.2, 0.25) is 0 Å². The molecule has 0 fully saturated rings. The van der Waals surface area contributed by atoms with Gasteiger partial charge >= 0.3 is 5.97 Å². The molecule has 1 N–H and O–H groups in total. The minimum absolute atomic E-state index is 0.187. The Balaban J connectivity index is 1.91. The first-order valence-electron chi connectivity index (χ1n) is 7.22. The number of esters is 1. The molecule has 0 unspecified atom stereocenters. The van der Waals surface area contributed by atoms with Gasteiger partial charge in [-0.25, -0.2) is 9.78 Å². The van der Waals surface area contributed by atoms with Crippen LogP contribution in [0.5, 0.6) is 0 Å². The molecule has 2 aromatic heterocycles. The topological polar surface area (TPSA) is 112 Å². The molecule has 2 heterocycles. The number of aromatic nitrogens is 5. The Morgan fingerprint density at radius 3 is 2.68 bits per heavy atom. The standard InChI is InChI=1S/C15H14N6O3S/c1-8-12(14(23)24-3)16-15(25-8)17-13(22)10-6-4-5-7-11(10)21-9(2)18-19-20-21/h4-7H,1-3H3,(H,16,17,22). The minimum atomic E-state index is -0.543. The Morgan fingerprint density at radius 2 is 2.00 bits per heavy atom. The lowest BCUT2D eigenvalue weighted by molar-refractivity contribution is 0.0594. The van der Waals surface area contributed by atoms with E-state index in [1.807, 2.05) is 0 Å². The van der Waals surface area contributed by atoms with E-state index in [1.54, 1.807) is 38.1 Å². The van der Waals surface area contributed by atoms with Crippen LogP contribution in [-0.4, -0.2) is 44.2 Å². The molecule has 25 heavy (non-hydrogen) atoms. The van der Waals surface area contributed by atoms with Gasteiger partial charge in [0.1, 0.15) is 0 Å². The van der Waals surface area contributed by atoms with Crippen LogP contribution in [0.15, 0.2) is 24.3 Å². The second-order valence-electron chi connectivity index (χ2n) is 5.02. The maximum atomic E-state index is 12.7. The van der Waals surface area contributed by atoms with E-state index in [2.05, 4.69) is 30.6 Å². The lowest BCUT2D eigenvalue weighted by Gasteiger charge is -2.08. The number of tetrazole rings is 1. The van der Waals surface area contributed by atoms with E-state index in [0.29, 0.717) is 27.1 Å². The van der Waals surface area contributed by atoms with Gasteiger partial charge in [0.25, 0.3) is 5.91 Å². The van der Waals surface area contributed by atoms with Gasteiger partial charge in [-0.2, -0.15) is 4.68 Å². The van der Waals surface area contributed by atoms with Gasteiger partial charge in [0.15, 0.2) is 16.6 Å². The van der Waals surface area contributed by atoms with E-state index in [0.717, 1.165) is 0 Å². The van der Waals surface area contributed by atoms with Crippen LogP contribution in [0.25, 0.3) is 5.69 Å². The number of aryl methyl sites for hydroxylation is 2. The number of thiazole rings is 1. The van der Waals surface area contributed by atoms with Crippen molar-refractivity contribution in [3.8, 4) is 5.69 Å². The van der Waals surface area contributed by atoms with Crippen molar-refractivity contribution in [1.29, 1.82) is 0 Å². The molecule has 0 spiro atoms. The Kier molecular flexibility index (Phi) is 4.52. The Morgan fingerprint density at radius 1 is 1.24 bits per heavy atom. The van der Waals surface area contributed by atoms with Crippen molar-refractivity contribution < 1.29 is 14.3 Å². The molecular weight excluding hydrogens is 344 g/mol. The molecule has 3 rings (SSSR count). The summed E-state index contributed by atoms with van der Waals surface area (Å²) in [5.74, 6) is -0.368. The summed E-state index contributed by atoms with van der Waals surface area (Å²) in [5, 5.41) is 14.3. The number of ether oxygens (including phenoxy) is 1. The summed E-state index contributed by atoms with van der Waals surface area (Å²) < 4.78 is 6.14. The van der Waals surface area contributed by atoms with Gasteiger partial charge in [-0.15, -0.1) is 16.4 Å². The third kappa shape index (κ3) is 3.24. The number of hydrogen-bond donors (Lipinski definition) is 1. The van der Waals surface area contributed by atoms with E-state index >= 15 is 0 Å². The fourth-order valence-corrected chi connectivity index (χ4v) is 3.00. The first kappa shape index (κ1) is 16.7. The average molecular weight is 358 g/mol. The van der Waals surface area contributed by atoms with Crippen LogP contribution in [0, 0.1) is 13.8 Å². The molecule has 0 atom stereocenters. The zero-order valence-corrected chi connectivity index (χ0v) is 14.5. The molecule has 128 valence electrons. The summed E-state index contributed by atoms with van der Waals surface area (Å²) in [6, 6.07) is 6.93. The van der Waals surface area contributed by atoms with Gasteiger partial charge in [0.2, 0.25) is 0 Å². The molecule has 1 aromatic carbocycles. The van der Waals surface area contributed by atoms with Crippen LogP contribution in [0.4, 0.5) is 5.13 Å². The van der Waals surface area contributed by atoms with E-state index in [9.17, 15) is 9.59 Å². The van der Waals surface area contributed by atoms with E-state index in [4.69, 9.17) is 0 Å². The van der Waals surface area contributed by atoms with Crippen molar-refractivity contribution in [3.05, 3.63) is 46.2 Å². The number of anilines is 1. The highest BCUT2D eigenvalue weighted by Crippen LogP contribution is 2.24. The zero-order valence-electron chi connectivity index (χ0n) is 13.7. The number of rotatable bonds is 4. The fourth-order valence-electron chi connectivity index (χ4n) is 2.21. The largest absolute Gasteiger partial charge is 0.464 e. The molecule has 3 aromatic rings. The lowest BCUT2D eigenvalue weighted by Crippen LogP contribution is -2.16. The highest BCUT2D eigenvalue weighted by molar-refractivity contribution is 7.16. The Hall–Kier alpha value is -3.14. The van der Waals surface area contributed by atoms with Crippen molar-refractivity contribution in [2.24, 2.45) is 0 Å². The average Bonchev–Trinajstić information content (AvgIpc) is 3.19. The molecule has 0 radical (unpaired) electrons. The number of para-hydroxylation sites is 1. The summed E-state index contributed by atoms with van der Waals surface area (Å²) in [7, 11) is 1.28. The summed E-state index contributed by atoms with van der Waals surface area (Å²) >= 11 is 1.20. The van der Waals surface area contributed by atoms with Crippen LogP contribution < -0.4 is 5.32 Å². The molecule has 0 saturated carbocycles. The number of nitrogens with one attached hydrogen (secondary N) is 1. The molecule has 0 aliphatic heterocycles. The molecule has 10 heteroatoms. The van der Waals surface area contributed by atoms with Crippen LogP contribution in [0.1, 0.15) is 31.5 Å². The third-order valence-corrected chi connectivity index (χ3v) is 4.28. The monoisotopic (exact) mass is 358 g/mol. The van der Waals surface area contributed by atoms with Crippen molar-refractivity contribution >= 4 is 28.3 Å². The molecule has 1 amide bonds.